The lowest BCUT2D eigenvalue weighted by Crippen LogP contribution is -2.28. The highest BCUT2D eigenvalue weighted by molar-refractivity contribution is 7.14. The van der Waals surface area contributed by atoms with Gasteiger partial charge in [0.05, 0.1) is 17.2 Å². The van der Waals surface area contributed by atoms with Crippen molar-refractivity contribution in [1.29, 1.82) is 5.26 Å². The Kier molecular flexibility index (Phi) is 4.32. The van der Waals surface area contributed by atoms with Crippen molar-refractivity contribution in [2.75, 3.05) is 16.8 Å². The third kappa shape index (κ3) is 3.01. The average molecular weight is 343 g/mol. The minimum absolute atomic E-state index is 0.0202. The maximum Gasteiger partial charge on any atom is 0.230 e. The summed E-state index contributed by atoms with van der Waals surface area (Å²) in [7, 11) is 0. The van der Waals surface area contributed by atoms with Crippen LogP contribution in [-0.4, -0.2) is 18.4 Å². The third-order valence-corrected chi connectivity index (χ3v) is 4.74. The number of benzene rings is 1. The number of nitrogens with zero attached hydrogens (tertiary/aromatic N) is 2. The van der Waals surface area contributed by atoms with Gasteiger partial charge in [-0.15, -0.1) is 11.3 Å². The number of rotatable bonds is 3. The molecule has 0 saturated carbocycles. The van der Waals surface area contributed by atoms with E-state index in [4.69, 9.17) is 5.26 Å². The quantitative estimate of drug-likeness (QED) is 0.931. The number of carbonyl (C=O) groups excluding carboxylic acids is 2. The number of halogens is 1. The number of nitrogens with one attached hydrogen (secondary N) is 1. The van der Waals surface area contributed by atoms with Gasteiger partial charge in [-0.1, -0.05) is 6.07 Å². The Morgan fingerprint density at radius 3 is 2.96 bits per heavy atom. The number of hydrogen-bond donors (Lipinski definition) is 1. The summed E-state index contributed by atoms with van der Waals surface area (Å²) in [5.41, 5.74) is 1.34. The van der Waals surface area contributed by atoms with Crippen molar-refractivity contribution in [2.24, 2.45) is 5.92 Å². The van der Waals surface area contributed by atoms with E-state index in [1.807, 2.05) is 6.07 Å². The lowest BCUT2D eigenvalue weighted by Gasteiger charge is -2.17. The van der Waals surface area contributed by atoms with Gasteiger partial charge in [-0.05, 0) is 36.1 Å². The van der Waals surface area contributed by atoms with Gasteiger partial charge in [0.25, 0.3) is 0 Å². The minimum Gasteiger partial charge on any atom is -0.316 e. The zero-order valence-electron chi connectivity index (χ0n) is 12.9. The van der Waals surface area contributed by atoms with Crippen molar-refractivity contribution in [1.82, 2.24) is 0 Å². The molecular weight excluding hydrogens is 329 g/mol. The summed E-state index contributed by atoms with van der Waals surface area (Å²) in [5, 5.41) is 13.8. The van der Waals surface area contributed by atoms with Crippen LogP contribution < -0.4 is 10.2 Å². The number of carbonyl (C=O) groups is 2. The van der Waals surface area contributed by atoms with Gasteiger partial charge in [-0.25, -0.2) is 4.39 Å². The maximum absolute atomic E-state index is 14.1. The normalized spacial score (nSPS) is 17.0. The molecule has 2 heterocycles. The summed E-state index contributed by atoms with van der Waals surface area (Å²) in [5.74, 6) is -1.68. The first-order valence-electron chi connectivity index (χ1n) is 7.34. The van der Waals surface area contributed by atoms with Gasteiger partial charge < -0.3 is 10.2 Å². The van der Waals surface area contributed by atoms with Crippen LogP contribution in [0.4, 0.5) is 15.1 Å². The molecule has 122 valence electrons. The SMILES string of the molecule is Cc1ccc(N2C[C@@H](C(=O)Nc3sccc3C#N)CC2=O)c(F)c1. The van der Waals surface area contributed by atoms with Crippen molar-refractivity contribution in [3.05, 3.63) is 46.6 Å². The number of nitriles is 1. The van der Waals surface area contributed by atoms with E-state index >= 15 is 0 Å². The van der Waals surface area contributed by atoms with E-state index in [0.29, 0.717) is 10.6 Å². The van der Waals surface area contributed by atoms with Gasteiger partial charge in [0, 0.05) is 13.0 Å². The molecule has 0 aliphatic carbocycles. The Morgan fingerprint density at radius 1 is 1.46 bits per heavy atom. The van der Waals surface area contributed by atoms with E-state index in [-0.39, 0.29) is 30.5 Å². The van der Waals surface area contributed by atoms with Crippen LogP contribution in [0.5, 0.6) is 0 Å². The number of thiophene rings is 1. The van der Waals surface area contributed by atoms with Crippen molar-refractivity contribution < 1.29 is 14.0 Å². The van der Waals surface area contributed by atoms with Crippen LogP contribution in [0.3, 0.4) is 0 Å². The van der Waals surface area contributed by atoms with E-state index in [2.05, 4.69) is 5.32 Å². The molecule has 24 heavy (non-hydrogen) atoms. The summed E-state index contributed by atoms with van der Waals surface area (Å²) in [4.78, 5) is 25.8. The van der Waals surface area contributed by atoms with Gasteiger partial charge in [0.2, 0.25) is 11.8 Å². The molecule has 2 aromatic rings. The second-order valence-corrected chi connectivity index (χ2v) is 6.54. The first-order valence-corrected chi connectivity index (χ1v) is 8.22. The zero-order chi connectivity index (χ0) is 17.3. The molecular formula is C17H14FN3O2S. The highest BCUT2D eigenvalue weighted by atomic mass is 32.1. The van der Waals surface area contributed by atoms with E-state index in [1.165, 1.54) is 22.3 Å². The summed E-state index contributed by atoms with van der Waals surface area (Å²) < 4.78 is 14.1. The Morgan fingerprint density at radius 2 is 2.25 bits per heavy atom. The summed E-state index contributed by atoms with van der Waals surface area (Å²) in [6, 6.07) is 8.26. The molecule has 1 aliphatic heterocycles. The lowest BCUT2D eigenvalue weighted by atomic mass is 10.1. The number of hydrogen-bond acceptors (Lipinski definition) is 4. The molecule has 1 N–H and O–H groups in total. The zero-order valence-corrected chi connectivity index (χ0v) is 13.7. The van der Waals surface area contributed by atoms with Crippen LogP contribution in [0.2, 0.25) is 0 Å². The minimum atomic E-state index is -0.577. The van der Waals surface area contributed by atoms with Crippen LogP contribution >= 0.6 is 11.3 Å². The summed E-state index contributed by atoms with van der Waals surface area (Å²) in [6.45, 7) is 1.89. The van der Waals surface area contributed by atoms with Crippen molar-refractivity contribution >= 4 is 33.8 Å². The second kappa shape index (κ2) is 6.42. The predicted molar refractivity (Wildman–Crippen MR) is 89.3 cm³/mol. The molecule has 0 unspecified atom stereocenters. The fourth-order valence-corrected chi connectivity index (χ4v) is 3.40. The van der Waals surface area contributed by atoms with E-state index in [9.17, 15) is 14.0 Å². The molecule has 7 heteroatoms. The van der Waals surface area contributed by atoms with Crippen molar-refractivity contribution in [3.8, 4) is 6.07 Å². The number of amides is 2. The standard InChI is InChI=1S/C17H14FN3O2S/c1-10-2-3-14(13(18)6-10)21-9-12(7-15(21)22)16(23)20-17-11(8-19)4-5-24-17/h2-6,12H,7,9H2,1H3,(H,20,23)/t12-/m0/s1. The molecule has 1 aromatic carbocycles. The Labute approximate surface area is 142 Å². The van der Waals surface area contributed by atoms with Gasteiger partial charge in [0.1, 0.15) is 16.9 Å². The molecule has 1 aliphatic rings. The Bertz CT molecular complexity index is 856. The Balaban J connectivity index is 1.75. The van der Waals surface area contributed by atoms with E-state index < -0.39 is 11.7 Å². The van der Waals surface area contributed by atoms with Crippen LogP contribution in [0.15, 0.2) is 29.6 Å². The molecule has 1 saturated heterocycles. The van der Waals surface area contributed by atoms with Crippen LogP contribution in [0.25, 0.3) is 0 Å². The molecule has 1 fully saturated rings. The highest BCUT2D eigenvalue weighted by Crippen LogP contribution is 2.30. The van der Waals surface area contributed by atoms with E-state index in [0.717, 1.165) is 5.56 Å². The number of aryl methyl sites for hydroxylation is 1. The third-order valence-electron chi connectivity index (χ3n) is 3.91. The molecule has 1 aromatic heterocycles. The number of anilines is 2. The van der Waals surface area contributed by atoms with Crippen LogP contribution in [0.1, 0.15) is 17.5 Å². The van der Waals surface area contributed by atoms with Crippen LogP contribution in [-0.2, 0) is 9.59 Å². The van der Waals surface area contributed by atoms with Gasteiger partial charge in [-0.3, -0.25) is 9.59 Å². The molecule has 1 atom stereocenters. The smallest absolute Gasteiger partial charge is 0.230 e. The largest absolute Gasteiger partial charge is 0.316 e. The predicted octanol–water partition coefficient (Wildman–Crippen LogP) is 3.06. The Hall–Kier alpha value is -2.72. The molecule has 3 rings (SSSR count). The summed E-state index contributed by atoms with van der Waals surface area (Å²) in [6.07, 6.45) is 0.0202. The van der Waals surface area contributed by atoms with Crippen molar-refractivity contribution in [3.63, 3.8) is 0 Å². The topological polar surface area (TPSA) is 73.2 Å². The fraction of sp³-hybridized carbons (Fsp3) is 0.235. The maximum atomic E-state index is 14.1. The lowest BCUT2D eigenvalue weighted by molar-refractivity contribution is -0.122. The monoisotopic (exact) mass is 343 g/mol. The molecule has 5 nitrogen and oxygen atoms in total. The average Bonchev–Trinajstić information content (AvgIpc) is 3.14. The fourth-order valence-electron chi connectivity index (χ4n) is 2.65. The van der Waals surface area contributed by atoms with Gasteiger partial charge in [0.15, 0.2) is 0 Å². The molecule has 2 amide bonds. The molecule has 0 spiro atoms. The highest BCUT2D eigenvalue weighted by Gasteiger charge is 2.36. The van der Waals surface area contributed by atoms with Gasteiger partial charge >= 0.3 is 0 Å². The van der Waals surface area contributed by atoms with E-state index in [1.54, 1.807) is 30.5 Å². The second-order valence-electron chi connectivity index (χ2n) is 5.62. The first kappa shape index (κ1) is 16.1. The molecule has 0 radical (unpaired) electrons. The van der Waals surface area contributed by atoms with Gasteiger partial charge in [-0.2, -0.15) is 5.26 Å². The van der Waals surface area contributed by atoms with Crippen LogP contribution in [0, 0.1) is 30.0 Å². The van der Waals surface area contributed by atoms with Crippen molar-refractivity contribution in [2.45, 2.75) is 13.3 Å². The first-order chi connectivity index (χ1) is 11.5. The molecule has 0 bridgehead atoms. The summed E-state index contributed by atoms with van der Waals surface area (Å²) >= 11 is 1.25.